The fourth-order valence-corrected chi connectivity index (χ4v) is 2.74. The van der Waals surface area contributed by atoms with Gasteiger partial charge in [-0.3, -0.25) is 4.79 Å². The number of nitrogens with zero attached hydrogens (tertiary/aromatic N) is 2. The lowest BCUT2D eigenvalue weighted by Gasteiger charge is -2.22. The molecular formula is C22H20N2O2. The van der Waals surface area contributed by atoms with Crippen LogP contribution in [0.3, 0.4) is 0 Å². The highest BCUT2D eigenvalue weighted by molar-refractivity contribution is 5.93. The Balaban J connectivity index is 1.73. The summed E-state index contributed by atoms with van der Waals surface area (Å²) in [5, 5.41) is 8.87. The molecular weight excluding hydrogens is 324 g/mol. The maximum Gasteiger partial charge on any atom is 0.227 e. The lowest BCUT2D eigenvalue weighted by molar-refractivity contribution is -0.118. The Kier molecular flexibility index (Phi) is 5.50. The predicted octanol–water partition coefficient (Wildman–Crippen LogP) is 4.63. The average Bonchev–Trinajstić information content (AvgIpc) is 3.19. The van der Waals surface area contributed by atoms with Crippen molar-refractivity contribution < 1.29 is 9.21 Å². The molecule has 130 valence electrons. The maximum absolute atomic E-state index is 12.9. The van der Waals surface area contributed by atoms with E-state index in [4.69, 9.17) is 9.68 Å². The van der Waals surface area contributed by atoms with Crippen LogP contribution in [-0.2, 0) is 17.8 Å². The van der Waals surface area contributed by atoms with Crippen LogP contribution >= 0.6 is 0 Å². The monoisotopic (exact) mass is 344 g/mol. The standard InChI is InChI=1S/C22H20N2O2/c1-17-4-11-20(12-5-17)24(16-21-3-2-14-26-21)22(25)13-10-18-6-8-19(15-23)9-7-18/h2-9,11-12,14H,10,13,16H2,1H3. The SMILES string of the molecule is Cc1ccc(N(Cc2ccco2)C(=O)CCc2ccc(C#N)cc2)cc1. The van der Waals surface area contributed by atoms with Gasteiger partial charge >= 0.3 is 0 Å². The number of anilines is 1. The number of carbonyl (C=O) groups is 1. The summed E-state index contributed by atoms with van der Waals surface area (Å²) in [5.74, 6) is 0.784. The normalized spacial score (nSPS) is 10.3. The van der Waals surface area contributed by atoms with Gasteiger partial charge in [0.1, 0.15) is 5.76 Å². The smallest absolute Gasteiger partial charge is 0.227 e. The van der Waals surface area contributed by atoms with Crippen molar-refractivity contribution in [1.82, 2.24) is 0 Å². The molecule has 4 heteroatoms. The first kappa shape index (κ1) is 17.5. The van der Waals surface area contributed by atoms with E-state index in [1.165, 1.54) is 0 Å². The maximum atomic E-state index is 12.9. The van der Waals surface area contributed by atoms with E-state index in [2.05, 4.69) is 6.07 Å². The highest BCUT2D eigenvalue weighted by Crippen LogP contribution is 2.20. The highest BCUT2D eigenvalue weighted by Gasteiger charge is 2.17. The first-order valence-corrected chi connectivity index (χ1v) is 8.54. The van der Waals surface area contributed by atoms with E-state index in [9.17, 15) is 4.79 Å². The highest BCUT2D eigenvalue weighted by atomic mass is 16.3. The van der Waals surface area contributed by atoms with Gasteiger partial charge < -0.3 is 9.32 Å². The number of furan rings is 1. The van der Waals surface area contributed by atoms with Gasteiger partial charge in [0.05, 0.1) is 24.4 Å². The van der Waals surface area contributed by atoms with Gasteiger partial charge in [0.2, 0.25) is 5.91 Å². The molecule has 3 aromatic rings. The van der Waals surface area contributed by atoms with Crippen LogP contribution in [0.25, 0.3) is 0 Å². The summed E-state index contributed by atoms with van der Waals surface area (Å²) in [6, 6.07) is 21.1. The Morgan fingerprint density at radius 2 is 1.81 bits per heavy atom. The first-order chi connectivity index (χ1) is 12.7. The topological polar surface area (TPSA) is 57.2 Å². The molecule has 0 atom stereocenters. The molecule has 0 saturated heterocycles. The van der Waals surface area contributed by atoms with Crippen LogP contribution in [0.15, 0.2) is 71.3 Å². The van der Waals surface area contributed by atoms with Crippen LogP contribution in [0, 0.1) is 18.3 Å². The van der Waals surface area contributed by atoms with Crippen molar-refractivity contribution in [2.45, 2.75) is 26.3 Å². The quantitative estimate of drug-likeness (QED) is 0.655. The van der Waals surface area contributed by atoms with Crippen LogP contribution in [0.1, 0.15) is 28.9 Å². The Hall–Kier alpha value is -3.32. The first-order valence-electron chi connectivity index (χ1n) is 8.54. The Bertz CT molecular complexity index is 889. The molecule has 0 spiro atoms. The summed E-state index contributed by atoms with van der Waals surface area (Å²) in [7, 11) is 0. The van der Waals surface area contributed by atoms with Gasteiger partial charge in [-0.1, -0.05) is 29.8 Å². The molecule has 1 amide bonds. The fourth-order valence-electron chi connectivity index (χ4n) is 2.74. The Morgan fingerprint density at radius 3 is 2.42 bits per heavy atom. The van der Waals surface area contributed by atoms with E-state index >= 15 is 0 Å². The van der Waals surface area contributed by atoms with Crippen molar-refractivity contribution in [3.8, 4) is 6.07 Å². The van der Waals surface area contributed by atoms with E-state index in [0.29, 0.717) is 24.9 Å². The third-order valence-corrected chi connectivity index (χ3v) is 4.25. The predicted molar refractivity (Wildman–Crippen MR) is 101 cm³/mol. The molecule has 2 aromatic carbocycles. The molecule has 0 N–H and O–H groups in total. The second-order valence-electron chi connectivity index (χ2n) is 6.20. The Labute approximate surface area is 153 Å². The van der Waals surface area contributed by atoms with Crippen molar-refractivity contribution in [1.29, 1.82) is 5.26 Å². The summed E-state index contributed by atoms with van der Waals surface area (Å²) >= 11 is 0. The summed E-state index contributed by atoms with van der Waals surface area (Å²) in [4.78, 5) is 14.6. The summed E-state index contributed by atoms with van der Waals surface area (Å²) in [5.41, 5.74) is 3.67. The minimum atomic E-state index is 0.0367. The van der Waals surface area contributed by atoms with E-state index < -0.39 is 0 Å². The number of nitriles is 1. The molecule has 1 aromatic heterocycles. The van der Waals surface area contributed by atoms with E-state index in [0.717, 1.165) is 22.6 Å². The van der Waals surface area contributed by atoms with Gasteiger partial charge in [-0.15, -0.1) is 0 Å². The molecule has 0 fully saturated rings. The summed E-state index contributed by atoms with van der Waals surface area (Å²) < 4.78 is 5.42. The lowest BCUT2D eigenvalue weighted by atomic mass is 10.1. The van der Waals surface area contributed by atoms with Crippen molar-refractivity contribution in [3.05, 3.63) is 89.4 Å². The number of hydrogen-bond acceptors (Lipinski definition) is 3. The molecule has 0 unspecified atom stereocenters. The molecule has 4 nitrogen and oxygen atoms in total. The van der Waals surface area contributed by atoms with Crippen molar-refractivity contribution in [2.24, 2.45) is 0 Å². The molecule has 0 aliphatic rings. The lowest BCUT2D eigenvalue weighted by Crippen LogP contribution is -2.30. The molecule has 3 rings (SSSR count). The molecule has 1 heterocycles. The molecule has 0 bridgehead atoms. The number of carbonyl (C=O) groups excluding carboxylic acids is 1. The Morgan fingerprint density at radius 1 is 1.08 bits per heavy atom. The van der Waals surface area contributed by atoms with E-state index in [1.807, 2.05) is 55.5 Å². The summed E-state index contributed by atoms with van der Waals surface area (Å²) in [6.07, 6.45) is 2.63. The largest absolute Gasteiger partial charge is 0.467 e. The average molecular weight is 344 g/mol. The summed E-state index contributed by atoms with van der Waals surface area (Å²) in [6.45, 7) is 2.43. The van der Waals surface area contributed by atoms with E-state index in [-0.39, 0.29) is 5.91 Å². The number of benzene rings is 2. The van der Waals surface area contributed by atoms with Gasteiger partial charge in [0, 0.05) is 12.1 Å². The van der Waals surface area contributed by atoms with Gasteiger partial charge in [0.15, 0.2) is 0 Å². The zero-order valence-electron chi connectivity index (χ0n) is 14.7. The fraction of sp³-hybridized carbons (Fsp3) is 0.182. The molecule has 0 aliphatic heterocycles. The van der Waals surface area contributed by atoms with Gasteiger partial charge in [0.25, 0.3) is 0 Å². The van der Waals surface area contributed by atoms with Crippen LogP contribution < -0.4 is 4.90 Å². The van der Waals surface area contributed by atoms with Gasteiger partial charge in [-0.2, -0.15) is 5.26 Å². The van der Waals surface area contributed by atoms with Crippen LogP contribution in [0.4, 0.5) is 5.69 Å². The number of amides is 1. The van der Waals surface area contributed by atoms with Crippen LogP contribution in [-0.4, -0.2) is 5.91 Å². The minimum absolute atomic E-state index is 0.0367. The zero-order chi connectivity index (χ0) is 18.4. The van der Waals surface area contributed by atoms with Crippen LogP contribution in [0.2, 0.25) is 0 Å². The molecule has 0 saturated carbocycles. The number of rotatable bonds is 6. The number of aryl methyl sites for hydroxylation is 2. The molecule has 0 radical (unpaired) electrons. The van der Waals surface area contributed by atoms with E-state index in [1.54, 1.807) is 23.3 Å². The van der Waals surface area contributed by atoms with Gasteiger partial charge in [-0.25, -0.2) is 0 Å². The molecule has 26 heavy (non-hydrogen) atoms. The zero-order valence-corrected chi connectivity index (χ0v) is 14.7. The van der Waals surface area contributed by atoms with Crippen LogP contribution in [0.5, 0.6) is 0 Å². The van der Waals surface area contributed by atoms with Crippen molar-refractivity contribution in [3.63, 3.8) is 0 Å². The van der Waals surface area contributed by atoms with Gasteiger partial charge in [-0.05, 0) is 55.3 Å². The minimum Gasteiger partial charge on any atom is -0.467 e. The second kappa shape index (κ2) is 8.17. The third-order valence-electron chi connectivity index (χ3n) is 4.25. The number of hydrogen-bond donors (Lipinski definition) is 0. The molecule has 0 aliphatic carbocycles. The third kappa shape index (κ3) is 4.40. The van der Waals surface area contributed by atoms with Crippen molar-refractivity contribution in [2.75, 3.05) is 4.90 Å². The second-order valence-corrected chi connectivity index (χ2v) is 6.20. The van der Waals surface area contributed by atoms with Crippen molar-refractivity contribution >= 4 is 11.6 Å².